The van der Waals surface area contributed by atoms with Gasteiger partial charge in [0, 0.05) is 11.3 Å². The van der Waals surface area contributed by atoms with Crippen molar-refractivity contribution in [1.29, 1.82) is 0 Å². The Morgan fingerprint density at radius 1 is 0.938 bits per heavy atom. The van der Waals surface area contributed by atoms with E-state index in [4.69, 9.17) is 5.73 Å². The second-order valence-corrected chi connectivity index (χ2v) is 6.42. The van der Waals surface area contributed by atoms with Gasteiger partial charge in [-0.3, -0.25) is 0 Å². The summed E-state index contributed by atoms with van der Waals surface area (Å²) in [5.41, 5.74) is 8.71. The molecule has 0 amide bonds. The Labute approximate surface area is 98.5 Å². The summed E-state index contributed by atoms with van der Waals surface area (Å²) in [5.74, 6) is 0.290. The van der Waals surface area contributed by atoms with Crippen molar-refractivity contribution in [3.05, 3.63) is 23.3 Å². The summed E-state index contributed by atoms with van der Waals surface area (Å²) >= 11 is 0. The molecule has 0 saturated heterocycles. The summed E-state index contributed by atoms with van der Waals surface area (Å²) in [7, 11) is 0. The smallest absolute Gasteiger partial charge is 0.121 e. The van der Waals surface area contributed by atoms with Gasteiger partial charge in [-0.15, -0.1) is 0 Å². The highest BCUT2D eigenvalue weighted by molar-refractivity contribution is 5.63. The fourth-order valence-corrected chi connectivity index (χ4v) is 2.05. The van der Waals surface area contributed by atoms with Crippen LogP contribution in [0.3, 0.4) is 0 Å². The number of phenols is 1. The van der Waals surface area contributed by atoms with Gasteiger partial charge in [0.25, 0.3) is 0 Å². The van der Waals surface area contributed by atoms with Crippen LogP contribution in [0.15, 0.2) is 12.1 Å². The van der Waals surface area contributed by atoms with Gasteiger partial charge in [0.1, 0.15) is 5.75 Å². The van der Waals surface area contributed by atoms with Crippen molar-refractivity contribution in [2.24, 2.45) is 0 Å². The zero-order chi connectivity index (χ0) is 12.7. The van der Waals surface area contributed by atoms with Crippen LogP contribution >= 0.6 is 0 Å². The highest BCUT2D eigenvalue weighted by Crippen LogP contribution is 2.40. The maximum absolute atomic E-state index is 9.94. The maximum atomic E-state index is 9.94. The zero-order valence-electron chi connectivity index (χ0n) is 11.2. The number of hydrogen-bond acceptors (Lipinski definition) is 2. The van der Waals surface area contributed by atoms with E-state index < -0.39 is 0 Å². The van der Waals surface area contributed by atoms with E-state index in [0.717, 1.165) is 16.8 Å². The van der Waals surface area contributed by atoms with E-state index >= 15 is 0 Å². The third kappa shape index (κ3) is 2.31. The van der Waals surface area contributed by atoms with Crippen molar-refractivity contribution >= 4 is 5.69 Å². The average Bonchev–Trinajstić information content (AvgIpc) is 1.97. The van der Waals surface area contributed by atoms with Gasteiger partial charge in [0.05, 0.1) is 0 Å². The molecule has 3 N–H and O–H groups in total. The average molecular weight is 221 g/mol. The van der Waals surface area contributed by atoms with Crippen LogP contribution in [-0.2, 0) is 10.8 Å². The number of phenolic OH excluding ortho intramolecular Hbond substituents is 1. The van der Waals surface area contributed by atoms with Crippen LogP contribution in [0.5, 0.6) is 5.75 Å². The number of anilines is 1. The van der Waals surface area contributed by atoms with E-state index in [1.165, 1.54) is 0 Å². The van der Waals surface area contributed by atoms with E-state index in [9.17, 15) is 5.11 Å². The van der Waals surface area contributed by atoms with E-state index in [1.54, 1.807) is 6.07 Å². The van der Waals surface area contributed by atoms with Gasteiger partial charge < -0.3 is 10.8 Å². The van der Waals surface area contributed by atoms with Crippen LogP contribution < -0.4 is 5.73 Å². The highest BCUT2D eigenvalue weighted by Gasteiger charge is 2.26. The van der Waals surface area contributed by atoms with Crippen LogP contribution in [0.25, 0.3) is 0 Å². The molecule has 1 aromatic carbocycles. The first-order valence-corrected chi connectivity index (χ1v) is 5.67. The molecule has 0 aromatic heterocycles. The van der Waals surface area contributed by atoms with Gasteiger partial charge in [-0.25, -0.2) is 0 Å². The minimum Gasteiger partial charge on any atom is -0.508 e. The quantitative estimate of drug-likeness (QED) is 0.658. The summed E-state index contributed by atoms with van der Waals surface area (Å²) in [6.45, 7) is 12.6. The molecule has 0 heterocycles. The number of benzene rings is 1. The van der Waals surface area contributed by atoms with Crippen LogP contribution in [0.1, 0.15) is 52.7 Å². The standard InChI is InChI=1S/C14H23NO/c1-13(2,3)9-7-8-10(16)11(12(9)15)14(4,5)6/h7-8,16H,15H2,1-6H3. The van der Waals surface area contributed by atoms with Crippen molar-refractivity contribution in [2.45, 2.75) is 52.4 Å². The van der Waals surface area contributed by atoms with Crippen molar-refractivity contribution in [2.75, 3.05) is 5.73 Å². The Balaban J connectivity index is 3.52. The lowest BCUT2D eigenvalue weighted by Gasteiger charge is -2.28. The predicted molar refractivity (Wildman–Crippen MR) is 69.9 cm³/mol. The van der Waals surface area contributed by atoms with E-state index in [1.807, 2.05) is 6.07 Å². The lowest BCUT2D eigenvalue weighted by molar-refractivity contribution is 0.446. The largest absolute Gasteiger partial charge is 0.508 e. The van der Waals surface area contributed by atoms with Gasteiger partial charge in [-0.05, 0) is 22.5 Å². The number of hydrogen-bond donors (Lipinski definition) is 2. The fraction of sp³-hybridized carbons (Fsp3) is 0.571. The number of aromatic hydroxyl groups is 1. The van der Waals surface area contributed by atoms with Crippen LogP contribution in [0.2, 0.25) is 0 Å². The molecule has 2 heteroatoms. The fourth-order valence-electron chi connectivity index (χ4n) is 2.05. The summed E-state index contributed by atoms with van der Waals surface area (Å²) in [6, 6.07) is 3.66. The first-order chi connectivity index (χ1) is 7.05. The first-order valence-electron chi connectivity index (χ1n) is 5.67. The molecule has 0 aliphatic carbocycles. The molecule has 16 heavy (non-hydrogen) atoms. The summed E-state index contributed by atoms with van der Waals surface area (Å²) in [6.07, 6.45) is 0. The zero-order valence-corrected chi connectivity index (χ0v) is 11.2. The first kappa shape index (κ1) is 12.9. The lowest BCUT2D eigenvalue weighted by atomic mass is 9.78. The molecule has 0 radical (unpaired) electrons. The molecule has 1 aromatic rings. The van der Waals surface area contributed by atoms with E-state index in [-0.39, 0.29) is 16.6 Å². The van der Waals surface area contributed by atoms with Crippen molar-refractivity contribution in [3.63, 3.8) is 0 Å². The Bertz CT molecular complexity index is 394. The molecular weight excluding hydrogens is 198 g/mol. The molecule has 0 saturated carbocycles. The summed E-state index contributed by atoms with van der Waals surface area (Å²) < 4.78 is 0. The van der Waals surface area contributed by atoms with Gasteiger partial charge >= 0.3 is 0 Å². The van der Waals surface area contributed by atoms with Crippen molar-refractivity contribution < 1.29 is 5.11 Å². The van der Waals surface area contributed by atoms with Crippen LogP contribution in [0.4, 0.5) is 5.69 Å². The van der Waals surface area contributed by atoms with Crippen LogP contribution in [-0.4, -0.2) is 5.11 Å². The summed E-state index contributed by atoms with van der Waals surface area (Å²) in [5, 5.41) is 9.94. The van der Waals surface area contributed by atoms with Gasteiger partial charge in [-0.1, -0.05) is 47.6 Å². The van der Waals surface area contributed by atoms with E-state index in [2.05, 4.69) is 41.5 Å². The summed E-state index contributed by atoms with van der Waals surface area (Å²) in [4.78, 5) is 0. The van der Waals surface area contributed by atoms with Crippen molar-refractivity contribution in [3.8, 4) is 5.75 Å². The Hall–Kier alpha value is -1.18. The molecule has 0 fully saturated rings. The van der Waals surface area contributed by atoms with E-state index in [0.29, 0.717) is 0 Å². The Morgan fingerprint density at radius 3 is 1.81 bits per heavy atom. The maximum Gasteiger partial charge on any atom is 0.121 e. The lowest BCUT2D eigenvalue weighted by Crippen LogP contribution is -2.20. The molecule has 90 valence electrons. The molecule has 0 unspecified atom stereocenters. The topological polar surface area (TPSA) is 46.2 Å². The monoisotopic (exact) mass is 221 g/mol. The Kier molecular flexibility index (Phi) is 2.97. The molecule has 0 atom stereocenters. The SMILES string of the molecule is CC(C)(C)c1ccc(O)c(C(C)(C)C)c1N. The number of rotatable bonds is 0. The normalized spacial score (nSPS) is 12.9. The minimum absolute atomic E-state index is 0.00220. The minimum atomic E-state index is -0.143. The number of nitrogens with two attached hydrogens (primary N) is 1. The molecule has 0 aliphatic rings. The second kappa shape index (κ2) is 3.69. The molecular formula is C14H23NO. The molecule has 0 spiro atoms. The predicted octanol–water partition coefficient (Wildman–Crippen LogP) is 3.57. The number of nitrogen functional groups attached to an aromatic ring is 1. The second-order valence-electron chi connectivity index (χ2n) is 6.42. The highest BCUT2D eigenvalue weighted by atomic mass is 16.3. The van der Waals surface area contributed by atoms with Gasteiger partial charge in [0.2, 0.25) is 0 Å². The van der Waals surface area contributed by atoms with Gasteiger partial charge in [0.15, 0.2) is 0 Å². The third-order valence-corrected chi connectivity index (χ3v) is 2.78. The molecule has 0 aliphatic heterocycles. The third-order valence-electron chi connectivity index (χ3n) is 2.78. The molecule has 2 nitrogen and oxygen atoms in total. The van der Waals surface area contributed by atoms with Crippen molar-refractivity contribution in [1.82, 2.24) is 0 Å². The molecule has 0 bridgehead atoms. The molecule has 1 rings (SSSR count). The van der Waals surface area contributed by atoms with Gasteiger partial charge in [-0.2, -0.15) is 0 Å². The Morgan fingerprint density at radius 2 is 1.44 bits per heavy atom. The van der Waals surface area contributed by atoms with Crippen LogP contribution in [0, 0.1) is 0 Å².